The molecule has 0 spiro atoms. The summed E-state index contributed by atoms with van der Waals surface area (Å²) in [4.78, 5) is 2.57. The lowest BCUT2D eigenvalue weighted by molar-refractivity contribution is 0.206. The third-order valence-corrected chi connectivity index (χ3v) is 10.6. The summed E-state index contributed by atoms with van der Waals surface area (Å²) >= 11 is 0. The maximum atomic E-state index is 13.6. The van der Waals surface area contributed by atoms with Crippen molar-refractivity contribution in [1.29, 1.82) is 0 Å². The average molecular weight is 634 g/mol. The third kappa shape index (κ3) is 9.84. The number of benzene rings is 4. The van der Waals surface area contributed by atoms with Gasteiger partial charge >= 0.3 is 0 Å². The van der Waals surface area contributed by atoms with Gasteiger partial charge in [-0.2, -0.15) is 0 Å². The number of hydrogen-bond acceptors (Lipinski definition) is 5. The Hall–Kier alpha value is -3.34. The fourth-order valence-corrected chi connectivity index (χ4v) is 7.65. The zero-order valence-corrected chi connectivity index (χ0v) is 27.5. The van der Waals surface area contributed by atoms with E-state index in [-0.39, 0.29) is 15.7 Å². The molecule has 0 heterocycles. The van der Waals surface area contributed by atoms with Gasteiger partial charge in [0.05, 0.1) is 9.79 Å². The summed E-state index contributed by atoms with van der Waals surface area (Å²) in [7, 11) is -7.59. The van der Waals surface area contributed by atoms with Crippen LogP contribution in [0.1, 0.15) is 36.1 Å². The molecule has 0 amide bonds. The Morgan fingerprint density at radius 1 is 0.591 bits per heavy atom. The van der Waals surface area contributed by atoms with E-state index >= 15 is 0 Å². The lowest BCUT2D eigenvalue weighted by atomic mass is 10.0. The molecule has 234 valence electrons. The number of nitrogens with one attached hydrogen (secondary N) is 2. The highest BCUT2D eigenvalue weighted by Gasteiger charge is 2.28. The third-order valence-electron chi connectivity index (χ3n) is 7.60. The Kier molecular flexibility index (Phi) is 11.5. The molecule has 44 heavy (non-hydrogen) atoms. The first-order valence-corrected chi connectivity index (χ1v) is 17.9. The lowest BCUT2D eigenvalue weighted by Crippen LogP contribution is -2.50. The molecule has 0 fully saturated rings. The lowest BCUT2D eigenvalue weighted by Gasteiger charge is -2.33. The van der Waals surface area contributed by atoms with Crippen LogP contribution in [0.3, 0.4) is 0 Å². The van der Waals surface area contributed by atoms with Gasteiger partial charge in [-0.3, -0.25) is 4.90 Å². The second kappa shape index (κ2) is 15.1. The number of aryl methyl sites for hydroxylation is 2. The fourth-order valence-electron chi connectivity index (χ4n) is 5.05. The van der Waals surface area contributed by atoms with Crippen LogP contribution >= 0.6 is 0 Å². The van der Waals surface area contributed by atoms with E-state index in [0.717, 1.165) is 22.3 Å². The highest BCUT2D eigenvalue weighted by atomic mass is 32.2. The maximum absolute atomic E-state index is 13.6. The van der Waals surface area contributed by atoms with Crippen LogP contribution in [0.5, 0.6) is 0 Å². The molecule has 4 aromatic carbocycles. The van der Waals surface area contributed by atoms with E-state index < -0.39 is 32.1 Å². The Bertz CT molecular complexity index is 1680. The summed E-state index contributed by atoms with van der Waals surface area (Å²) in [5.74, 6) is -0.0229. The highest BCUT2D eigenvalue weighted by molar-refractivity contribution is 7.89. The first kappa shape index (κ1) is 33.6. The van der Waals surface area contributed by atoms with E-state index in [1.54, 1.807) is 48.5 Å². The predicted octanol–water partition coefficient (Wildman–Crippen LogP) is 5.70. The molecule has 4 aromatic rings. The van der Waals surface area contributed by atoms with Crippen molar-refractivity contribution in [3.63, 3.8) is 0 Å². The minimum absolute atomic E-state index is 0.0229. The smallest absolute Gasteiger partial charge is 0.240 e. The maximum Gasteiger partial charge on any atom is 0.240 e. The van der Waals surface area contributed by atoms with Crippen LogP contribution in [-0.2, 0) is 33.0 Å². The van der Waals surface area contributed by atoms with Gasteiger partial charge in [0.15, 0.2) is 0 Å². The van der Waals surface area contributed by atoms with Crippen LogP contribution in [0.4, 0.5) is 0 Å². The quantitative estimate of drug-likeness (QED) is 0.175. The summed E-state index contributed by atoms with van der Waals surface area (Å²) in [6, 6.07) is 32.5. The van der Waals surface area contributed by atoms with Crippen molar-refractivity contribution in [2.45, 2.75) is 62.5 Å². The first-order chi connectivity index (χ1) is 20.9. The molecule has 9 heteroatoms. The molecule has 2 atom stereocenters. The van der Waals surface area contributed by atoms with E-state index in [1.807, 2.05) is 88.4 Å². The monoisotopic (exact) mass is 633 g/mol. The van der Waals surface area contributed by atoms with Gasteiger partial charge in [0, 0.05) is 31.7 Å². The van der Waals surface area contributed by atoms with Gasteiger partial charge in [0.25, 0.3) is 0 Å². The van der Waals surface area contributed by atoms with Gasteiger partial charge in [-0.25, -0.2) is 26.3 Å². The number of sulfonamides is 2. The average Bonchev–Trinajstić information content (AvgIpc) is 2.98. The van der Waals surface area contributed by atoms with Crippen molar-refractivity contribution < 1.29 is 16.8 Å². The van der Waals surface area contributed by atoms with Crippen LogP contribution < -0.4 is 9.44 Å². The van der Waals surface area contributed by atoms with Crippen molar-refractivity contribution in [2.24, 2.45) is 5.92 Å². The summed E-state index contributed by atoms with van der Waals surface area (Å²) in [5, 5.41) is 0. The zero-order valence-electron chi connectivity index (χ0n) is 25.8. The van der Waals surface area contributed by atoms with Crippen LogP contribution in [0.25, 0.3) is 0 Å². The first-order valence-electron chi connectivity index (χ1n) is 14.9. The number of rotatable bonds is 15. The molecule has 2 N–H and O–H groups in total. The predicted molar refractivity (Wildman–Crippen MR) is 177 cm³/mol. The van der Waals surface area contributed by atoms with Gasteiger partial charge in [-0.15, -0.1) is 0 Å². The van der Waals surface area contributed by atoms with E-state index in [1.165, 1.54) is 0 Å². The number of hydrogen-bond donors (Lipinski definition) is 2. The number of nitrogens with zero attached hydrogens (tertiary/aromatic N) is 1. The highest BCUT2D eigenvalue weighted by Crippen LogP contribution is 2.18. The molecular formula is C35H43N3O4S2. The molecule has 0 unspecified atom stereocenters. The van der Waals surface area contributed by atoms with Gasteiger partial charge in [0.1, 0.15) is 0 Å². The summed E-state index contributed by atoms with van der Waals surface area (Å²) < 4.78 is 59.8. The molecule has 0 aliphatic heterocycles. The Morgan fingerprint density at radius 2 is 1.05 bits per heavy atom. The minimum atomic E-state index is -3.82. The Balaban J connectivity index is 1.64. The van der Waals surface area contributed by atoms with E-state index in [0.29, 0.717) is 26.1 Å². The van der Waals surface area contributed by atoms with Gasteiger partial charge in [-0.1, -0.05) is 110 Å². The minimum Gasteiger partial charge on any atom is -0.296 e. The largest absolute Gasteiger partial charge is 0.296 e. The molecule has 0 saturated heterocycles. The van der Waals surface area contributed by atoms with Crippen LogP contribution in [0.15, 0.2) is 119 Å². The molecule has 0 aromatic heterocycles. The van der Waals surface area contributed by atoms with Crippen LogP contribution in [0.2, 0.25) is 0 Å². The molecule has 7 nitrogen and oxygen atoms in total. The van der Waals surface area contributed by atoms with Crippen LogP contribution in [0, 0.1) is 19.8 Å². The second-order valence-electron chi connectivity index (χ2n) is 11.8. The SMILES string of the molecule is Cc1ccc(S(=O)(=O)N[C@@H](Cc2ccccc2)CN(Cc2ccccc2)C[C@@H](NS(=O)(=O)c2ccc(C)cc2)C(C)C)cc1. The summed E-state index contributed by atoms with van der Waals surface area (Å²) in [5.41, 5.74) is 4.02. The van der Waals surface area contributed by atoms with E-state index in [2.05, 4.69) is 14.3 Å². The van der Waals surface area contributed by atoms with E-state index in [4.69, 9.17) is 0 Å². The van der Waals surface area contributed by atoms with Crippen LogP contribution in [-0.4, -0.2) is 46.9 Å². The molecular weight excluding hydrogens is 591 g/mol. The fraction of sp³-hybridized carbons (Fsp3) is 0.314. The van der Waals surface area contributed by atoms with Gasteiger partial charge in [-0.05, 0) is 61.6 Å². The van der Waals surface area contributed by atoms with Crippen molar-refractivity contribution in [3.8, 4) is 0 Å². The molecule has 0 saturated carbocycles. The van der Waals surface area contributed by atoms with Gasteiger partial charge < -0.3 is 0 Å². The van der Waals surface area contributed by atoms with Crippen molar-refractivity contribution in [1.82, 2.24) is 14.3 Å². The molecule has 0 bridgehead atoms. The topological polar surface area (TPSA) is 95.6 Å². The second-order valence-corrected chi connectivity index (χ2v) is 15.2. The van der Waals surface area contributed by atoms with Crippen molar-refractivity contribution in [2.75, 3.05) is 13.1 Å². The Labute approximate surface area is 263 Å². The molecule has 0 aliphatic rings. The van der Waals surface area contributed by atoms with Gasteiger partial charge in [0.2, 0.25) is 20.0 Å². The molecule has 0 aliphatic carbocycles. The summed E-state index contributed by atoms with van der Waals surface area (Å²) in [6.45, 7) is 9.09. The normalized spacial score (nSPS) is 13.7. The summed E-state index contributed by atoms with van der Waals surface area (Å²) in [6.07, 6.45) is 0.471. The zero-order chi connectivity index (χ0) is 31.7. The standard InChI is InChI=1S/C35H43N3O4S2/c1-27(2)35(37-44(41,42)34-21-17-29(4)18-22-34)26-38(24-31-13-9-6-10-14-31)25-32(23-30-11-7-5-8-12-30)36-43(39,40)33-19-15-28(3)16-20-33/h5-22,27,32,35-37H,23-26H2,1-4H3/t32-,35+/m0/s1. The Morgan fingerprint density at radius 3 is 1.52 bits per heavy atom. The van der Waals surface area contributed by atoms with E-state index in [9.17, 15) is 16.8 Å². The van der Waals surface area contributed by atoms with Crippen molar-refractivity contribution in [3.05, 3.63) is 131 Å². The molecule has 0 radical (unpaired) electrons. The molecule has 4 rings (SSSR count). The van der Waals surface area contributed by atoms with Crippen molar-refractivity contribution >= 4 is 20.0 Å².